The van der Waals surface area contributed by atoms with Gasteiger partial charge < -0.3 is 14.2 Å². The summed E-state index contributed by atoms with van der Waals surface area (Å²) < 4.78 is 15.3. The summed E-state index contributed by atoms with van der Waals surface area (Å²) in [7, 11) is 1.44. The Kier molecular flexibility index (Phi) is 6.82. The summed E-state index contributed by atoms with van der Waals surface area (Å²) in [5, 5.41) is 9.27. The van der Waals surface area contributed by atoms with E-state index in [0.29, 0.717) is 17.1 Å². The van der Waals surface area contributed by atoms with Crippen molar-refractivity contribution < 1.29 is 19.0 Å². The van der Waals surface area contributed by atoms with Crippen molar-refractivity contribution >= 4 is 23.6 Å². The smallest absolute Gasteiger partial charge is 0.348 e. The minimum atomic E-state index is -0.701. The van der Waals surface area contributed by atoms with Crippen molar-refractivity contribution in [1.82, 2.24) is 0 Å². The fourth-order valence-electron chi connectivity index (χ4n) is 1.59. The predicted molar refractivity (Wildman–Crippen MR) is 82.6 cm³/mol. The van der Waals surface area contributed by atoms with Crippen molar-refractivity contribution in [3.63, 3.8) is 0 Å². The molecule has 0 aliphatic carbocycles. The molecule has 0 radical (unpaired) electrons. The lowest BCUT2D eigenvalue weighted by molar-refractivity contribution is -0.137. The number of carbonyl (C=O) groups is 1. The van der Waals surface area contributed by atoms with Gasteiger partial charge in [-0.2, -0.15) is 5.26 Å². The van der Waals surface area contributed by atoms with Crippen molar-refractivity contribution in [3.8, 4) is 29.9 Å². The zero-order valence-electron chi connectivity index (χ0n) is 12.2. The molecule has 1 aromatic carbocycles. The third-order valence-corrected chi connectivity index (χ3v) is 2.76. The SMILES string of the molecule is C#CCOc1c(Cl)cc(/C=C(/C#N)C(=O)OCC)cc1OC. The van der Waals surface area contributed by atoms with Crippen LogP contribution in [0.2, 0.25) is 5.02 Å². The van der Waals surface area contributed by atoms with Gasteiger partial charge in [0.05, 0.1) is 18.7 Å². The highest BCUT2D eigenvalue weighted by Gasteiger charge is 2.14. The summed E-state index contributed by atoms with van der Waals surface area (Å²) in [5.74, 6) is 2.27. The van der Waals surface area contributed by atoms with E-state index in [1.54, 1.807) is 19.1 Å². The summed E-state index contributed by atoms with van der Waals surface area (Å²) >= 11 is 6.11. The second-order valence-corrected chi connectivity index (χ2v) is 4.32. The Labute approximate surface area is 134 Å². The Morgan fingerprint density at radius 1 is 1.50 bits per heavy atom. The molecule has 0 aliphatic rings. The second-order valence-electron chi connectivity index (χ2n) is 3.92. The number of nitriles is 1. The maximum atomic E-state index is 11.6. The fraction of sp³-hybridized carbons (Fsp3) is 0.250. The summed E-state index contributed by atoms with van der Waals surface area (Å²) in [4.78, 5) is 11.6. The maximum absolute atomic E-state index is 11.6. The molecule has 22 heavy (non-hydrogen) atoms. The highest BCUT2D eigenvalue weighted by atomic mass is 35.5. The zero-order valence-corrected chi connectivity index (χ0v) is 12.9. The molecule has 0 aliphatic heterocycles. The van der Waals surface area contributed by atoms with E-state index in [1.165, 1.54) is 19.3 Å². The van der Waals surface area contributed by atoms with E-state index in [9.17, 15) is 4.79 Å². The number of hydrogen-bond acceptors (Lipinski definition) is 5. The Morgan fingerprint density at radius 2 is 2.23 bits per heavy atom. The molecule has 0 spiro atoms. The largest absolute Gasteiger partial charge is 0.493 e. The lowest BCUT2D eigenvalue weighted by Crippen LogP contribution is -2.06. The summed E-state index contributed by atoms with van der Waals surface area (Å²) in [5.41, 5.74) is 0.358. The maximum Gasteiger partial charge on any atom is 0.348 e. The molecule has 0 saturated heterocycles. The van der Waals surface area contributed by atoms with E-state index in [-0.39, 0.29) is 23.8 Å². The molecule has 0 fully saturated rings. The number of nitrogens with zero attached hydrogens (tertiary/aromatic N) is 1. The van der Waals surface area contributed by atoms with Gasteiger partial charge in [0.15, 0.2) is 11.5 Å². The molecule has 1 rings (SSSR count). The number of halogens is 1. The molecule has 0 bridgehead atoms. The Morgan fingerprint density at radius 3 is 2.77 bits per heavy atom. The van der Waals surface area contributed by atoms with Crippen LogP contribution in [0.25, 0.3) is 6.08 Å². The number of hydrogen-bond donors (Lipinski definition) is 0. The standard InChI is InChI=1S/C16H14ClNO4/c1-4-6-22-15-13(17)8-11(9-14(15)20-3)7-12(10-18)16(19)21-5-2/h1,7-9H,5-6H2,2-3H3/b12-7-. The molecule has 6 heteroatoms. The van der Waals surface area contributed by atoms with Crippen molar-refractivity contribution in [3.05, 3.63) is 28.3 Å². The molecule has 0 amide bonds. The van der Waals surface area contributed by atoms with Crippen LogP contribution in [0.5, 0.6) is 11.5 Å². The topological polar surface area (TPSA) is 68.5 Å². The van der Waals surface area contributed by atoms with E-state index in [4.69, 9.17) is 37.5 Å². The third kappa shape index (κ3) is 4.44. The summed E-state index contributed by atoms with van der Waals surface area (Å²) in [6, 6.07) is 4.90. The lowest BCUT2D eigenvalue weighted by atomic mass is 10.1. The molecule has 0 aromatic heterocycles. The number of rotatable bonds is 6. The molecule has 0 atom stereocenters. The molecular formula is C16H14ClNO4. The highest BCUT2D eigenvalue weighted by Crippen LogP contribution is 2.37. The van der Waals surface area contributed by atoms with Gasteiger partial charge in [0.1, 0.15) is 18.2 Å². The van der Waals surface area contributed by atoms with Gasteiger partial charge in [-0.25, -0.2) is 4.79 Å². The van der Waals surface area contributed by atoms with Gasteiger partial charge >= 0.3 is 5.97 Å². The van der Waals surface area contributed by atoms with Crippen LogP contribution in [0.15, 0.2) is 17.7 Å². The number of carbonyl (C=O) groups excluding carboxylic acids is 1. The third-order valence-electron chi connectivity index (χ3n) is 2.48. The zero-order chi connectivity index (χ0) is 16.5. The monoisotopic (exact) mass is 319 g/mol. The van der Waals surface area contributed by atoms with E-state index >= 15 is 0 Å². The van der Waals surface area contributed by atoms with Gasteiger partial charge in [0.25, 0.3) is 0 Å². The minimum Gasteiger partial charge on any atom is -0.493 e. The van der Waals surface area contributed by atoms with Crippen molar-refractivity contribution in [1.29, 1.82) is 5.26 Å². The Balaban J connectivity index is 3.22. The lowest BCUT2D eigenvalue weighted by Gasteiger charge is -2.11. The molecular weight excluding hydrogens is 306 g/mol. The molecule has 0 N–H and O–H groups in total. The van der Waals surface area contributed by atoms with Crippen molar-refractivity contribution in [2.45, 2.75) is 6.92 Å². The minimum absolute atomic E-state index is 0.0392. The summed E-state index contributed by atoms with van der Waals surface area (Å²) in [6.45, 7) is 1.88. The first-order valence-electron chi connectivity index (χ1n) is 6.30. The molecule has 1 aromatic rings. The number of methoxy groups -OCH3 is 1. The number of esters is 1. The molecule has 0 heterocycles. The number of terminal acetylenes is 1. The number of benzene rings is 1. The van der Waals surface area contributed by atoms with Crippen LogP contribution < -0.4 is 9.47 Å². The van der Waals surface area contributed by atoms with Crippen molar-refractivity contribution in [2.75, 3.05) is 20.3 Å². The highest BCUT2D eigenvalue weighted by molar-refractivity contribution is 6.32. The van der Waals surface area contributed by atoms with E-state index < -0.39 is 5.97 Å². The van der Waals surface area contributed by atoms with Crippen LogP contribution in [-0.2, 0) is 9.53 Å². The van der Waals surface area contributed by atoms with E-state index in [1.807, 2.05) is 0 Å². The molecule has 0 unspecified atom stereocenters. The predicted octanol–water partition coefficient (Wildman–Crippen LogP) is 2.83. The normalized spacial score (nSPS) is 10.3. The van der Waals surface area contributed by atoms with Crippen LogP contribution in [0.4, 0.5) is 0 Å². The average molecular weight is 320 g/mol. The first-order chi connectivity index (χ1) is 10.6. The van der Waals surface area contributed by atoms with Gasteiger partial charge in [-0.3, -0.25) is 0 Å². The molecule has 5 nitrogen and oxygen atoms in total. The average Bonchev–Trinajstić information content (AvgIpc) is 2.51. The number of ether oxygens (including phenoxy) is 3. The van der Waals surface area contributed by atoms with Crippen LogP contribution in [0, 0.1) is 23.7 Å². The fourth-order valence-corrected chi connectivity index (χ4v) is 1.86. The molecule has 0 saturated carbocycles. The van der Waals surface area contributed by atoms with E-state index in [2.05, 4.69) is 5.92 Å². The van der Waals surface area contributed by atoms with Gasteiger partial charge in [-0.1, -0.05) is 17.5 Å². The van der Waals surface area contributed by atoms with Gasteiger partial charge in [-0.05, 0) is 30.7 Å². The Hall–Kier alpha value is -2.63. The van der Waals surface area contributed by atoms with Crippen LogP contribution in [0.1, 0.15) is 12.5 Å². The van der Waals surface area contributed by atoms with Crippen LogP contribution in [0.3, 0.4) is 0 Å². The van der Waals surface area contributed by atoms with Gasteiger partial charge in [-0.15, -0.1) is 6.42 Å². The second kappa shape index (κ2) is 8.61. The summed E-state index contributed by atoms with van der Waals surface area (Å²) in [6.07, 6.45) is 6.50. The van der Waals surface area contributed by atoms with Crippen LogP contribution in [-0.4, -0.2) is 26.3 Å². The molecule has 114 valence electrons. The van der Waals surface area contributed by atoms with Crippen molar-refractivity contribution in [2.24, 2.45) is 0 Å². The van der Waals surface area contributed by atoms with Crippen LogP contribution >= 0.6 is 11.6 Å². The first kappa shape index (κ1) is 17.4. The van der Waals surface area contributed by atoms with Gasteiger partial charge in [0.2, 0.25) is 0 Å². The first-order valence-corrected chi connectivity index (χ1v) is 6.67. The Bertz CT molecular complexity index is 668. The quantitative estimate of drug-likeness (QED) is 0.349. The van der Waals surface area contributed by atoms with Gasteiger partial charge in [0, 0.05) is 0 Å². The van der Waals surface area contributed by atoms with E-state index in [0.717, 1.165) is 0 Å².